The van der Waals surface area contributed by atoms with E-state index in [2.05, 4.69) is 5.32 Å². The lowest BCUT2D eigenvalue weighted by molar-refractivity contribution is -0.139. The molecule has 4 nitrogen and oxygen atoms in total. The maximum atomic E-state index is 13.5. The number of hydrogen-bond acceptors (Lipinski definition) is 3. The minimum atomic E-state index is -4.83. The molecule has 27 heavy (non-hydrogen) atoms. The summed E-state index contributed by atoms with van der Waals surface area (Å²) >= 11 is 0. The van der Waals surface area contributed by atoms with Crippen molar-refractivity contribution in [1.29, 1.82) is 0 Å². The summed E-state index contributed by atoms with van der Waals surface area (Å²) in [7, 11) is -4.08. The number of anilines is 1. The second-order valence-electron chi connectivity index (χ2n) is 7.72. The molecule has 0 aliphatic heterocycles. The number of amides is 1. The van der Waals surface area contributed by atoms with E-state index in [1.807, 2.05) is 6.92 Å². The van der Waals surface area contributed by atoms with Gasteiger partial charge in [-0.15, -0.1) is 0 Å². The lowest BCUT2D eigenvalue weighted by atomic mass is 9.98. The Kier molecular flexibility index (Phi) is 6.29. The number of nitrogens with one attached hydrogen (secondary N) is 1. The number of sulfone groups is 1. The van der Waals surface area contributed by atoms with Gasteiger partial charge >= 0.3 is 6.18 Å². The van der Waals surface area contributed by atoms with Crippen LogP contribution in [0.3, 0.4) is 0 Å². The van der Waals surface area contributed by atoms with E-state index >= 15 is 0 Å². The molecule has 8 heteroatoms. The van der Waals surface area contributed by atoms with Crippen molar-refractivity contribution < 1.29 is 26.4 Å². The molecule has 0 atom stereocenters. The fraction of sp³-hybridized carbons (Fsp3) is 0.632. The van der Waals surface area contributed by atoms with Crippen molar-refractivity contribution in [3.05, 3.63) is 23.8 Å². The van der Waals surface area contributed by atoms with Crippen molar-refractivity contribution in [3.8, 4) is 0 Å². The number of benzene rings is 1. The second kappa shape index (κ2) is 7.81. The van der Waals surface area contributed by atoms with Gasteiger partial charge in [-0.3, -0.25) is 4.79 Å². The van der Waals surface area contributed by atoms with E-state index in [1.165, 1.54) is 6.07 Å². The first-order chi connectivity index (χ1) is 12.4. The van der Waals surface area contributed by atoms with Crippen LogP contribution in [-0.2, 0) is 20.8 Å². The maximum Gasteiger partial charge on any atom is 0.417 e. The number of carbonyl (C=O) groups is 1. The van der Waals surface area contributed by atoms with E-state index in [9.17, 15) is 26.4 Å². The molecule has 1 saturated carbocycles. The molecule has 0 aromatic heterocycles. The zero-order valence-electron chi connectivity index (χ0n) is 15.8. The molecule has 1 aromatic carbocycles. The molecule has 2 rings (SSSR count). The molecule has 0 unspecified atom stereocenters. The summed E-state index contributed by atoms with van der Waals surface area (Å²) < 4.78 is 65.1. The number of rotatable bonds is 8. The Morgan fingerprint density at radius 1 is 1.26 bits per heavy atom. The fourth-order valence-electron chi connectivity index (χ4n) is 3.15. The van der Waals surface area contributed by atoms with Gasteiger partial charge in [0.2, 0.25) is 5.91 Å². The van der Waals surface area contributed by atoms with Crippen LogP contribution in [0.25, 0.3) is 0 Å². The summed E-state index contributed by atoms with van der Waals surface area (Å²) in [5.41, 5.74) is -1.76. The predicted molar refractivity (Wildman–Crippen MR) is 98.2 cm³/mol. The van der Waals surface area contributed by atoms with Crippen LogP contribution in [0.1, 0.15) is 58.4 Å². The molecule has 1 aliphatic rings. The van der Waals surface area contributed by atoms with Crippen LogP contribution < -0.4 is 5.32 Å². The smallest absolute Gasteiger partial charge is 0.326 e. The zero-order valence-corrected chi connectivity index (χ0v) is 16.6. The van der Waals surface area contributed by atoms with E-state index in [0.29, 0.717) is 6.42 Å². The Labute approximate surface area is 158 Å². The van der Waals surface area contributed by atoms with E-state index in [1.54, 1.807) is 13.8 Å². The molecule has 0 radical (unpaired) electrons. The minimum Gasteiger partial charge on any atom is -0.326 e. The van der Waals surface area contributed by atoms with Gasteiger partial charge in [-0.05, 0) is 43.4 Å². The first-order valence-electron chi connectivity index (χ1n) is 9.17. The molecule has 1 aliphatic carbocycles. The first kappa shape index (κ1) is 21.7. The van der Waals surface area contributed by atoms with Gasteiger partial charge in [-0.25, -0.2) is 8.42 Å². The third-order valence-electron chi connectivity index (χ3n) is 4.77. The minimum absolute atomic E-state index is 0.0291. The second-order valence-corrected chi connectivity index (χ2v) is 9.72. The Bertz CT molecular complexity index is 797. The Hall–Kier alpha value is -1.57. The number of alkyl halides is 3. The van der Waals surface area contributed by atoms with Crippen LogP contribution in [0.15, 0.2) is 23.1 Å². The summed E-state index contributed by atoms with van der Waals surface area (Å²) in [6.07, 6.45) is -0.844. The van der Waals surface area contributed by atoms with Crippen LogP contribution in [0.4, 0.5) is 18.9 Å². The zero-order chi connectivity index (χ0) is 20.5. The average Bonchev–Trinajstić information content (AvgIpc) is 3.32. The van der Waals surface area contributed by atoms with Crippen molar-refractivity contribution in [2.45, 2.75) is 63.9 Å². The normalized spacial score (nSPS) is 16.4. The summed E-state index contributed by atoms with van der Waals surface area (Å²) in [5, 5.41) is 2.55. The van der Waals surface area contributed by atoms with Crippen LogP contribution in [0.5, 0.6) is 0 Å². The molecular weight excluding hydrogens is 379 g/mol. The van der Waals surface area contributed by atoms with Crippen molar-refractivity contribution in [2.75, 3.05) is 11.1 Å². The van der Waals surface area contributed by atoms with Gasteiger partial charge < -0.3 is 5.32 Å². The Morgan fingerprint density at radius 3 is 2.37 bits per heavy atom. The van der Waals surface area contributed by atoms with Crippen molar-refractivity contribution in [2.24, 2.45) is 11.3 Å². The van der Waals surface area contributed by atoms with Crippen LogP contribution in [0.2, 0.25) is 0 Å². The Balaban J connectivity index is 2.32. The van der Waals surface area contributed by atoms with Crippen molar-refractivity contribution in [1.82, 2.24) is 0 Å². The molecule has 1 aromatic rings. The molecule has 1 fully saturated rings. The number of hydrogen-bond donors (Lipinski definition) is 1. The van der Waals surface area contributed by atoms with Crippen LogP contribution in [0, 0.1) is 11.3 Å². The van der Waals surface area contributed by atoms with Gasteiger partial charge in [0.1, 0.15) is 0 Å². The van der Waals surface area contributed by atoms with E-state index < -0.39 is 31.9 Å². The van der Waals surface area contributed by atoms with Crippen molar-refractivity contribution >= 4 is 21.4 Å². The van der Waals surface area contributed by atoms with Gasteiger partial charge in [-0.1, -0.05) is 33.6 Å². The number of carbonyl (C=O) groups excluding carboxylic acids is 1. The van der Waals surface area contributed by atoms with Gasteiger partial charge in [0.05, 0.1) is 16.2 Å². The largest absolute Gasteiger partial charge is 0.417 e. The van der Waals surface area contributed by atoms with Gasteiger partial charge in [0.25, 0.3) is 0 Å². The monoisotopic (exact) mass is 405 g/mol. The lowest BCUT2D eigenvalue weighted by Gasteiger charge is -2.18. The van der Waals surface area contributed by atoms with Gasteiger partial charge in [0.15, 0.2) is 9.84 Å². The average molecular weight is 405 g/mol. The summed E-state index contributed by atoms with van der Waals surface area (Å²) in [4.78, 5) is 11.7. The highest BCUT2D eigenvalue weighted by Crippen LogP contribution is 2.50. The molecule has 0 spiro atoms. The highest BCUT2D eigenvalue weighted by molar-refractivity contribution is 7.91. The molecule has 152 valence electrons. The van der Waals surface area contributed by atoms with Crippen LogP contribution in [-0.4, -0.2) is 20.1 Å². The predicted octanol–water partition coefficient (Wildman–Crippen LogP) is 5.04. The SMILES string of the molecule is CCCCC1(C(=O)Nc2ccc(S(=O)(=O)CC(C)C)c(C(F)(F)F)c2)CC1. The van der Waals surface area contributed by atoms with E-state index in [-0.39, 0.29) is 23.3 Å². The Morgan fingerprint density at radius 2 is 1.89 bits per heavy atom. The lowest BCUT2D eigenvalue weighted by Crippen LogP contribution is -2.25. The number of unbranched alkanes of at least 4 members (excludes halogenated alkanes) is 1. The van der Waals surface area contributed by atoms with E-state index in [4.69, 9.17) is 0 Å². The number of halogens is 3. The van der Waals surface area contributed by atoms with Gasteiger partial charge in [0, 0.05) is 11.1 Å². The maximum absolute atomic E-state index is 13.5. The van der Waals surface area contributed by atoms with E-state index in [0.717, 1.165) is 37.8 Å². The third kappa shape index (κ3) is 5.24. The summed E-state index contributed by atoms with van der Waals surface area (Å²) in [6, 6.07) is 2.90. The summed E-state index contributed by atoms with van der Waals surface area (Å²) in [6.45, 7) is 5.27. The molecular formula is C19H26F3NO3S. The quantitative estimate of drug-likeness (QED) is 0.659. The topological polar surface area (TPSA) is 63.2 Å². The molecule has 0 heterocycles. The fourth-order valence-corrected chi connectivity index (χ4v) is 4.99. The molecule has 0 bridgehead atoms. The summed E-state index contributed by atoms with van der Waals surface area (Å²) in [5.74, 6) is -0.965. The standard InChI is InChI=1S/C19H26F3NO3S/c1-4-5-8-18(9-10-18)17(24)23-14-6-7-16(15(11-14)19(20,21)22)27(25,26)12-13(2)3/h6-7,11,13H,4-5,8-10,12H2,1-3H3,(H,23,24). The highest BCUT2D eigenvalue weighted by atomic mass is 32.2. The highest BCUT2D eigenvalue weighted by Gasteiger charge is 2.49. The first-order valence-corrected chi connectivity index (χ1v) is 10.8. The third-order valence-corrected chi connectivity index (χ3v) is 6.91. The molecule has 1 amide bonds. The van der Waals surface area contributed by atoms with Crippen molar-refractivity contribution in [3.63, 3.8) is 0 Å². The van der Waals surface area contributed by atoms with Gasteiger partial charge in [-0.2, -0.15) is 13.2 Å². The molecule has 0 saturated heterocycles. The van der Waals surface area contributed by atoms with Crippen LogP contribution >= 0.6 is 0 Å². The molecule has 1 N–H and O–H groups in total.